The summed E-state index contributed by atoms with van der Waals surface area (Å²) in [6, 6.07) is 23.4. The molecule has 0 bridgehead atoms. The molecular weight excluding hydrogens is 304 g/mol. The van der Waals surface area contributed by atoms with Crippen molar-refractivity contribution in [3.8, 4) is 11.1 Å². The Morgan fingerprint density at radius 2 is 1.40 bits per heavy atom. The van der Waals surface area contributed by atoms with Gasteiger partial charge in [-0.3, -0.25) is 0 Å². The number of hydrogen-bond donors (Lipinski definition) is 1. The van der Waals surface area contributed by atoms with Gasteiger partial charge in [-0.25, -0.2) is 0 Å². The predicted octanol–water partition coefficient (Wildman–Crippen LogP) is 5.79. The van der Waals surface area contributed by atoms with Crippen molar-refractivity contribution in [2.45, 2.75) is 39.7 Å². The summed E-state index contributed by atoms with van der Waals surface area (Å²) in [7, 11) is 0. The molecule has 0 radical (unpaired) electrons. The quantitative estimate of drug-likeness (QED) is 0.642. The van der Waals surface area contributed by atoms with Crippen molar-refractivity contribution < 1.29 is 5.11 Å². The first-order valence-electron chi connectivity index (χ1n) is 8.82. The molecule has 128 valence electrons. The van der Waals surface area contributed by atoms with Crippen molar-refractivity contribution in [3.05, 3.63) is 94.5 Å². The number of rotatable bonds is 4. The third-order valence-electron chi connectivity index (χ3n) is 4.80. The van der Waals surface area contributed by atoms with Gasteiger partial charge in [0.25, 0.3) is 0 Å². The van der Waals surface area contributed by atoms with Crippen LogP contribution in [0.15, 0.2) is 66.7 Å². The SMILES string of the molecule is Cc1ccccc1-c1ccc(Cc2ccccc2C(C)(C)O)cc1C. The lowest BCUT2D eigenvalue weighted by molar-refractivity contribution is 0.0777. The van der Waals surface area contributed by atoms with E-state index >= 15 is 0 Å². The van der Waals surface area contributed by atoms with Gasteiger partial charge in [-0.1, -0.05) is 66.7 Å². The molecule has 0 atom stereocenters. The number of hydrogen-bond acceptors (Lipinski definition) is 1. The van der Waals surface area contributed by atoms with Crippen molar-refractivity contribution in [2.24, 2.45) is 0 Å². The molecular formula is C24H26O. The zero-order valence-electron chi connectivity index (χ0n) is 15.5. The summed E-state index contributed by atoms with van der Waals surface area (Å²) in [5.41, 5.74) is 7.78. The van der Waals surface area contributed by atoms with E-state index in [4.69, 9.17) is 0 Å². The lowest BCUT2D eigenvalue weighted by atomic mass is 9.88. The molecule has 1 N–H and O–H groups in total. The molecule has 0 aliphatic rings. The topological polar surface area (TPSA) is 20.2 Å². The summed E-state index contributed by atoms with van der Waals surface area (Å²) < 4.78 is 0. The summed E-state index contributed by atoms with van der Waals surface area (Å²) in [5.74, 6) is 0. The highest BCUT2D eigenvalue weighted by Crippen LogP contribution is 2.29. The normalized spacial score (nSPS) is 11.6. The summed E-state index contributed by atoms with van der Waals surface area (Å²) in [6.07, 6.45) is 0.828. The van der Waals surface area contributed by atoms with Crippen LogP contribution in [0.5, 0.6) is 0 Å². The lowest BCUT2D eigenvalue weighted by Gasteiger charge is -2.22. The van der Waals surface area contributed by atoms with Crippen molar-refractivity contribution in [2.75, 3.05) is 0 Å². The zero-order chi connectivity index (χ0) is 18.0. The van der Waals surface area contributed by atoms with Crippen LogP contribution >= 0.6 is 0 Å². The third-order valence-corrected chi connectivity index (χ3v) is 4.80. The highest BCUT2D eigenvalue weighted by molar-refractivity contribution is 5.70. The second-order valence-electron chi connectivity index (χ2n) is 7.36. The molecule has 0 heterocycles. The van der Waals surface area contributed by atoms with Crippen LogP contribution in [0.1, 0.15) is 41.7 Å². The monoisotopic (exact) mass is 330 g/mol. The summed E-state index contributed by atoms with van der Waals surface area (Å²) in [6.45, 7) is 8.02. The Kier molecular flexibility index (Phi) is 4.78. The van der Waals surface area contributed by atoms with E-state index in [-0.39, 0.29) is 0 Å². The Labute approximate surface area is 151 Å². The average molecular weight is 330 g/mol. The van der Waals surface area contributed by atoms with Crippen LogP contribution in [0.3, 0.4) is 0 Å². The molecule has 0 aliphatic heterocycles. The van der Waals surface area contributed by atoms with Gasteiger partial charge in [-0.05, 0) is 73.1 Å². The molecule has 0 saturated carbocycles. The van der Waals surface area contributed by atoms with Crippen LogP contribution in [0, 0.1) is 13.8 Å². The summed E-state index contributed by atoms with van der Waals surface area (Å²) in [4.78, 5) is 0. The van der Waals surface area contributed by atoms with Crippen LogP contribution in [-0.4, -0.2) is 5.11 Å². The molecule has 0 saturated heterocycles. The van der Waals surface area contributed by atoms with Crippen molar-refractivity contribution in [3.63, 3.8) is 0 Å². The molecule has 0 aromatic heterocycles. The maximum Gasteiger partial charge on any atom is 0.0843 e. The van der Waals surface area contributed by atoms with E-state index in [1.807, 2.05) is 32.0 Å². The van der Waals surface area contributed by atoms with Crippen molar-refractivity contribution >= 4 is 0 Å². The van der Waals surface area contributed by atoms with Crippen LogP contribution in [0.2, 0.25) is 0 Å². The molecule has 0 amide bonds. The smallest absolute Gasteiger partial charge is 0.0843 e. The van der Waals surface area contributed by atoms with Gasteiger partial charge in [-0.15, -0.1) is 0 Å². The molecule has 3 rings (SSSR count). The minimum Gasteiger partial charge on any atom is -0.386 e. The molecule has 0 fully saturated rings. The highest BCUT2D eigenvalue weighted by Gasteiger charge is 2.19. The largest absolute Gasteiger partial charge is 0.386 e. The maximum absolute atomic E-state index is 10.4. The fraction of sp³-hybridized carbons (Fsp3) is 0.250. The molecule has 0 aliphatic carbocycles. The molecule has 0 spiro atoms. The minimum absolute atomic E-state index is 0.827. The fourth-order valence-electron chi connectivity index (χ4n) is 3.50. The molecule has 1 nitrogen and oxygen atoms in total. The molecule has 3 aromatic rings. The summed E-state index contributed by atoms with van der Waals surface area (Å²) in [5, 5.41) is 10.4. The van der Waals surface area contributed by atoms with Crippen molar-refractivity contribution in [1.29, 1.82) is 0 Å². The Morgan fingerprint density at radius 1 is 0.760 bits per heavy atom. The van der Waals surface area contributed by atoms with Gasteiger partial charge in [0.1, 0.15) is 0 Å². The number of benzene rings is 3. The van der Waals surface area contributed by atoms with Gasteiger partial charge in [0.05, 0.1) is 5.60 Å². The summed E-state index contributed by atoms with van der Waals surface area (Å²) >= 11 is 0. The molecule has 25 heavy (non-hydrogen) atoms. The maximum atomic E-state index is 10.4. The van der Waals surface area contributed by atoms with E-state index in [0.29, 0.717) is 0 Å². The van der Waals surface area contributed by atoms with E-state index in [1.54, 1.807) is 0 Å². The standard InChI is InChI=1S/C24H26O/c1-17-9-5-7-11-21(17)22-14-13-19(15-18(22)2)16-20-10-6-8-12-23(20)24(3,4)25/h5-15,25H,16H2,1-4H3. The van der Waals surface area contributed by atoms with E-state index in [9.17, 15) is 5.11 Å². The number of aliphatic hydroxyl groups is 1. The van der Waals surface area contributed by atoms with Gasteiger partial charge in [0.15, 0.2) is 0 Å². The number of aryl methyl sites for hydroxylation is 2. The molecule has 1 heteroatoms. The van der Waals surface area contributed by atoms with E-state index in [1.165, 1.54) is 33.4 Å². The minimum atomic E-state index is -0.827. The van der Waals surface area contributed by atoms with E-state index < -0.39 is 5.60 Å². The van der Waals surface area contributed by atoms with Crippen LogP contribution in [0.4, 0.5) is 0 Å². The van der Waals surface area contributed by atoms with E-state index in [0.717, 1.165) is 12.0 Å². The Bertz CT molecular complexity index is 885. The van der Waals surface area contributed by atoms with Crippen molar-refractivity contribution in [1.82, 2.24) is 0 Å². The van der Waals surface area contributed by atoms with Gasteiger partial charge in [-0.2, -0.15) is 0 Å². The Balaban J connectivity index is 1.94. The lowest BCUT2D eigenvalue weighted by Crippen LogP contribution is -2.18. The Morgan fingerprint density at radius 3 is 2.08 bits per heavy atom. The zero-order valence-corrected chi connectivity index (χ0v) is 15.5. The highest BCUT2D eigenvalue weighted by atomic mass is 16.3. The van der Waals surface area contributed by atoms with Crippen LogP contribution < -0.4 is 0 Å². The van der Waals surface area contributed by atoms with E-state index in [2.05, 4.69) is 62.4 Å². The second-order valence-corrected chi connectivity index (χ2v) is 7.36. The van der Waals surface area contributed by atoms with Gasteiger partial charge in [0, 0.05) is 0 Å². The molecule has 3 aromatic carbocycles. The predicted molar refractivity (Wildman–Crippen MR) is 106 cm³/mol. The first-order chi connectivity index (χ1) is 11.9. The fourth-order valence-corrected chi connectivity index (χ4v) is 3.50. The van der Waals surface area contributed by atoms with Crippen LogP contribution in [-0.2, 0) is 12.0 Å². The first kappa shape index (κ1) is 17.4. The van der Waals surface area contributed by atoms with Gasteiger partial charge < -0.3 is 5.11 Å². The third kappa shape index (κ3) is 3.83. The first-order valence-corrected chi connectivity index (χ1v) is 8.82. The van der Waals surface area contributed by atoms with Gasteiger partial charge >= 0.3 is 0 Å². The van der Waals surface area contributed by atoms with Crippen LogP contribution in [0.25, 0.3) is 11.1 Å². The average Bonchev–Trinajstić information content (AvgIpc) is 2.55. The molecule has 0 unspecified atom stereocenters. The Hall–Kier alpha value is -2.38. The van der Waals surface area contributed by atoms with Gasteiger partial charge in [0.2, 0.25) is 0 Å². The second kappa shape index (κ2) is 6.85.